The van der Waals surface area contributed by atoms with Crippen LogP contribution in [0.1, 0.15) is 36.0 Å². The van der Waals surface area contributed by atoms with Crippen molar-refractivity contribution in [1.29, 1.82) is 0 Å². The Kier molecular flexibility index (Phi) is 3.10. The summed E-state index contributed by atoms with van der Waals surface area (Å²) in [5.74, 6) is 0.962. The zero-order chi connectivity index (χ0) is 15.5. The number of rotatable bonds is 1. The lowest BCUT2D eigenvalue weighted by molar-refractivity contribution is -0.138. The van der Waals surface area contributed by atoms with Gasteiger partial charge >= 0.3 is 0 Å². The Morgan fingerprint density at radius 1 is 1.41 bits per heavy atom. The Morgan fingerprint density at radius 2 is 2.23 bits per heavy atom. The summed E-state index contributed by atoms with van der Waals surface area (Å²) in [6, 6.07) is 4.51. The van der Waals surface area contributed by atoms with Gasteiger partial charge in [-0.1, -0.05) is 12.1 Å². The summed E-state index contributed by atoms with van der Waals surface area (Å²) >= 11 is 0. The first kappa shape index (κ1) is 14.2. The van der Waals surface area contributed by atoms with E-state index >= 15 is 0 Å². The molecular weight excluding hydrogens is 278 g/mol. The first-order chi connectivity index (χ1) is 10.6. The molecule has 2 fully saturated rings. The molecule has 1 heterocycles. The van der Waals surface area contributed by atoms with Crippen LogP contribution in [0, 0.1) is 12.8 Å². The van der Waals surface area contributed by atoms with Crippen molar-refractivity contribution in [3.8, 4) is 5.75 Å². The second-order valence-corrected chi connectivity index (χ2v) is 7.15. The zero-order valence-electron chi connectivity index (χ0n) is 13.2. The molecule has 1 aromatic carbocycles. The van der Waals surface area contributed by atoms with E-state index in [-0.39, 0.29) is 17.3 Å². The maximum atomic E-state index is 12.6. The SMILES string of the molecule is COC1C[C@@H]2[C@@H]3Cc4ccc(C)c(O)c4[C@]2(CCN3)CC1=O. The van der Waals surface area contributed by atoms with E-state index in [2.05, 4.69) is 11.4 Å². The van der Waals surface area contributed by atoms with Gasteiger partial charge in [-0.05, 0) is 49.8 Å². The minimum Gasteiger partial charge on any atom is -0.507 e. The van der Waals surface area contributed by atoms with Crippen LogP contribution < -0.4 is 5.32 Å². The fourth-order valence-electron chi connectivity index (χ4n) is 5.13. The van der Waals surface area contributed by atoms with Gasteiger partial charge in [0, 0.05) is 30.6 Å². The van der Waals surface area contributed by atoms with Crippen LogP contribution in [-0.4, -0.2) is 36.7 Å². The molecule has 1 aliphatic heterocycles. The van der Waals surface area contributed by atoms with E-state index in [0.29, 0.717) is 24.1 Å². The molecule has 0 radical (unpaired) electrons. The lowest BCUT2D eigenvalue weighted by atomic mass is 9.52. The molecule has 4 atom stereocenters. The average molecular weight is 301 g/mol. The van der Waals surface area contributed by atoms with Crippen molar-refractivity contribution in [1.82, 2.24) is 5.32 Å². The van der Waals surface area contributed by atoms with Gasteiger partial charge < -0.3 is 15.2 Å². The van der Waals surface area contributed by atoms with Crippen molar-refractivity contribution in [3.63, 3.8) is 0 Å². The smallest absolute Gasteiger partial charge is 0.162 e. The van der Waals surface area contributed by atoms with E-state index < -0.39 is 0 Å². The van der Waals surface area contributed by atoms with Crippen LogP contribution >= 0.6 is 0 Å². The normalized spacial score (nSPS) is 36.6. The largest absolute Gasteiger partial charge is 0.507 e. The van der Waals surface area contributed by atoms with Crippen LogP contribution in [0.25, 0.3) is 0 Å². The number of nitrogens with one attached hydrogen (secondary N) is 1. The van der Waals surface area contributed by atoms with E-state index in [4.69, 9.17) is 4.74 Å². The summed E-state index contributed by atoms with van der Waals surface area (Å²) < 4.78 is 5.42. The van der Waals surface area contributed by atoms with Gasteiger partial charge in [-0.25, -0.2) is 0 Å². The lowest BCUT2D eigenvalue weighted by Crippen LogP contribution is -2.62. The van der Waals surface area contributed by atoms with Gasteiger partial charge in [0.1, 0.15) is 11.9 Å². The van der Waals surface area contributed by atoms with E-state index in [1.807, 2.05) is 13.0 Å². The molecule has 22 heavy (non-hydrogen) atoms. The van der Waals surface area contributed by atoms with Crippen LogP contribution in [-0.2, 0) is 21.4 Å². The van der Waals surface area contributed by atoms with Crippen molar-refractivity contribution in [2.45, 2.75) is 50.2 Å². The van der Waals surface area contributed by atoms with Gasteiger partial charge in [-0.3, -0.25) is 4.79 Å². The number of Topliss-reactive ketones (excluding diaryl/α,β-unsaturated/α-hetero) is 1. The zero-order valence-corrected chi connectivity index (χ0v) is 13.2. The number of carbonyl (C=O) groups excluding carboxylic acids is 1. The van der Waals surface area contributed by atoms with E-state index in [1.54, 1.807) is 7.11 Å². The van der Waals surface area contributed by atoms with Crippen molar-refractivity contribution in [3.05, 3.63) is 28.8 Å². The molecule has 0 spiro atoms. The molecule has 1 saturated heterocycles. The average Bonchev–Trinajstić information content (AvgIpc) is 2.49. The number of phenols is 1. The van der Waals surface area contributed by atoms with Crippen LogP contribution in [0.3, 0.4) is 0 Å². The third kappa shape index (κ3) is 1.74. The van der Waals surface area contributed by atoms with E-state index in [1.165, 1.54) is 5.56 Å². The van der Waals surface area contributed by atoms with E-state index in [9.17, 15) is 9.90 Å². The highest BCUT2D eigenvalue weighted by atomic mass is 16.5. The molecule has 0 aromatic heterocycles. The quantitative estimate of drug-likeness (QED) is 0.831. The summed E-state index contributed by atoms with van der Waals surface area (Å²) in [4.78, 5) is 12.6. The van der Waals surface area contributed by atoms with Crippen molar-refractivity contribution in [2.24, 2.45) is 5.92 Å². The third-order valence-corrected chi connectivity index (χ3v) is 6.18. The highest BCUT2D eigenvalue weighted by Gasteiger charge is 2.56. The molecule has 4 nitrogen and oxygen atoms in total. The maximum Gasteiger partial charge on any atom is 0.162 e. The minimum absolute atomic E-state index is 0.188. The second-order valence-electron chi connectivity index (χ2n) is 7.15. The fraction of sp³-hybridized carbons (Fsp3) is 0.611. The Labute approximate surface area is 130 Å². The number of phenolic OH excluding ortho intramolecular Hbond substituents is 1. The monoisotopic (exact) mass is 301 g/mol. The van der Waals surface area contributed by atoms with Crippen LogP contribution in [0.15, 0.2) is 12.1 Å². The first-order valence-corrected chi connectivity index (χ1v) is 8.17. The highest BCUT2D eigenvalue weighted by Crippen LogP contribution is 2.56. The molecular formula is C18H23NO3. The molecule has 2 N–H and O–H groups in total. The number of benzene rings is 1. The number of methoxy groups -OCH3 is 1. The Hall–Kier alpha value is -1.39. The predicted molar refractivity (Wildman–Crippen MR) is 83.2 cm³/mol. The van der Waals surface area contributed by atoms with Crippen LogP contribution in [0.5, 0.6) is 5.75 Å². The lowest BCUT2D eigenvalue weighted by Gasteiger charge is -2.56. The van der Waals surface area contributed by atoms with Crippen molar-refractivity contribution < 1.29 is 14.6 Å². The molecule has 2 aliphatic carbocycles. The van der Waals surface area contributed by atoms with Crippen molar-refractivity contribution in [2.75, 3.05) is 13.7 Å². The van der Waals surface area contributed by atoms with Gasteiger partial charge in [-0.15, -0.1) is 0 Å². The minimum atomic E-state index is -0.283. The Bertz CT molecular complexity index is 641. The number of ketones is 1. The van der Waals surface area contributed by atoms with Crippen LogP contribution in [0.4, 0.5) is 0 Å². The highest BCUT2D eigenvalue weighted by molar-refractivity contribution is 5.86. The predicted octanol–water partition coefficient (Wildman–Crippen LogP) is 1.85. The number of aromatic hydroxyl groups is 1. The Morgan fingerprint density at radius 3 is 3.00 bits per heavy atom. The molecule has 2 bridgehead atoms. The summed E-state index contributed by atoms with van der Waals surface area (Å²) in [5, 5.41) is 14.4. The summed E-state index contributed by atoms with van der Waals surface area (Å²) in [7, 11) is 1.63. The number of carbonyl (C=O) groups is 1. The maximum absolute atomic E-state index is 12.6. The van der Waals surface area contributed by atoms with Gasteiger partial charge in [0.05, 0.1) is 0 Å². The van der Waals surface area contributed by atoms with Gasteiger partial charge in [0.2, 0.25) is 0 Å². The molecule has 3 aliphatic rings. The second kappa shape index (κ2) is 4.80. The summed E-state index contributed by atoms with van der Waals surface area (Å²) in [5.41, 5.74) is 2.97. The summed E-state index contributed by atoms with van der Waals surface area (Å²) in [6.45, 7) is 2.86. The number of hydrogen-bond donors (Lipinski definition) is 2. The standard InChI is InChI=1S/C18H23NO3/c1-10-3-4-11-7-13-12-8-15(22-2)14(20)9-18(12,5-6-19-13)16(11)17(10)21/h3-4,12-13,15,19,21H,5-9H2,1-2H3/t12-,13+,15?,18-/m1/s1. The number of fused-ring (bicyclic) bond motifs is 1. The summed E-state index contributed by atoms with van der Waals surface area (Å²) in [6.07, 6.45) is 2.83. The van der Waals surface area contributed by atoms with Crippen molar-refractivity contribution >= 4 is 5.78 Å². The topological polar surface area (TPSA) is 58.6 Å². The van der Waals surface area contributed by atoms with Crippen LogP contribution in [0.2, 0.25) is 0 Å². The Balaban J connectivity index is 1.91. The molecule has 118 valence electrons. The third-order valence-electron chi connectivity index (χ3n) is 6.18. The molecule has 4 rings (SSSR count). The number of piperidine rings is 1. The molecule has 4 heteroatoms. The fourth-order valence-corrected chi connectivity index (χ4v) is 5.13. The van der Waals surface area contributed by atoms with E-state index in [0.717, 1.165) is 36.9 Å². The molecule has 1 aromatic rings. The van der Waals surface area contributed by atoms with Gasteiger partial charge in [0.25, 0.3) is 0 Å². The van der Waals surface area contributed by atoms with Gasteiger partial charge in [-0.2, -0.15) is 0 Å². The molecule has 1 saturated carbocycles. The molecule has 1 unspecified atom stereocenters. The molecule has 0 amide bonds. The number of hydrogen-bond acceptors (Lipinski definition) is 4. The number of aryl methyl sites for hydroxylation is 1. The number of ether oxygens (including phenoxy) is 1. The first-order valence-electron chi connectivity index (χ1n) is 8.17. The van der Waals surface area contributed by atoms with Gasteiger partial charge in [0.15, 0.2) is 5.78 Å².